The number of halogens is 2. The van der Waals surface area contributed by atoms with Crippen molar-refractivity contribution in [3.63, 3.8) is 0 Å². The van der Waals surface area contributed by atoms with Gasteiger partial charge < -0.3 is 10.2 Å². The second kappa shape index (κ2) is 4.96. The molecule has 0 saturated heterocycles. The first-order valence-electron chi connectivity index (χ1n) is 3.59. The van der Waals surface area contributed by atoms with Crippen molar-refractivity contribution in [3.8, 4) is 5.75 Å². The molecule has 0 bridgehead atoms. The number of hydrogen-bond donors (Lipinski definition) is 2. The average molecular weight is 416 g/mol. The molecule has 0 radical (unpaired) electrons. The molecule has 0 amide bonds. The van der Waals surface area contributed by atoms with E-state index in [9.17, 15) is 9.90 Å². The number of hydrogen-bond acceptors (Lipinski definition) is 2. The summed E-state index contributed by atoms with van der Waals surface area (Å²) < 4.78 is 1.42. The van der Waals surface area contributed by atoms with Crippen LogP contribution in [0.15, 0.2) is 18.2 Å². The van der Waals surface area contributed by atoms with Crippen LogP contribution in [0.3, 0.4) is 0 Å². The van der Waals surface area contributed by atoms with Gasteiger partial charge >= 0.3 is 5.97 Å². The summed E-state index contributed by atoms with van der Waals surface area (Å²) in [5.41, 5.74) is 0.763. The van der Waals surface area contributed by atoms with Crippen molar-refractivity contribution in [2.75, 3.05) is 0 Å². The Morgan fingerprint density at radius 2 is 1.79 bits per heavy atom. The van der Waals surface area contributed by atoms with Crippen LogP contribution in [0.25, 0.3) is 6.08 Å². The summed E-state index contributed by atoms with van der Waals surface area (Å²) in [4.78, 5) is 10.3. The third-order valence-electron chi connectivity index (χ3n) is 1.46. The van der Waals surface area contributed by atoms with E-state index in [4.69, 9.17) is 5.11 Å². The fourth-order valence-corrected chi connectivity index (χ4v) is 2.67. The van der Waals surface area contributed by atoms with Gasteiger partial charge in [-0.15, -0.1) is 0 Å². The van der Waals surface area contributed by atoms with E-state index in [1.165, 1.54) is 6.08 Å². The lowest BCUT2D eigenvalue weighted by atomic mass is 10.2. The molecule has 1 aromatic rings. The van der Waals surface area contributed by atoms with Crippen molar-refractivity contribution in [2.45, 2.75) is 0 Å². The standard InChI is InChI=1S/C9H6I2O3/c10-6-3-5(1-2-8(12)13)4-7(11)9(6)14/h1-4,14H,(H,12,13). The van der Waals surface area contributed by atoms with Crippen LogP contribution >= 0.6 is 45.2 Å². The van der Waals surface area contributed by atoms with Gasteiger partial charge in [0.2, 0.25) is 0 Å². The Morgan fingerprint density at radius 3 is 2.21 bits per heavy atom. The number of carboxylic acids is 1. The Bertz CT molecular complexity index is 376. The first-order chi connectivity index (χ1) is 6.50. The number of phenolic OH excluding ortho intramolecular Hbond substituents is 1. The number of rotatable bonds is 2. The maximum Gasteiger partial charge on any atom is 0.328 e. The second-order valence-electron chi connectivity index (χ2n) is 2.50. The van der Waals surface area contributed by atoms with E-state index in [0.29, 0.717) is 7.14 Å². The van der Waals surface area contributed by atoms with Gasteiger partial charge in [0.05, 0.1) is 7.14 Å². The monoisotopic (exact) mass is 416 g/mol. The lowest BCUT2D eigenvalue weighted by Gasteiger charge is -2.01. The van der Waals surface area contributed by atoms with Crippen molar-refractivity contribution in [1.29, 1.82) is 0 Å². The summed E-state index contributed by atoms with van der Waals surface area (Å²) in [7, 11) is 0. The first kappa shape index (κ1) is 11.8. The lowest BCUT2D eigenvalue weighted by molar-refractivity contribution is -0.131. The molecule has 0 aromatic heterocycles. The minimum absolute atomic E-state index is 0.235. The van der Waals surface area contributed by atoms with E-state index in [0.717, 1.165) is 11.6 Å². The zero-order chi connectivity index (χ0) is 10.7. The summed E-state index contributed by atoms with van der Waals surface area (Å²) in [6.07, 6.45) is 2.56. The number of aromatic hydroxyl groups is 1. The topological polar surface area (TPSA) is 57.5 Å². The predicted octanol–water partition coefficient (Wildman–Crippen LogP) is 2.70. The van der Waals surface area contributed by atoms with Crippen LogP contribution in [0, 0.1) is 7.14 Å². The maximum absolute atomic E-state index is 10.3. The highest BCUT2D eigenvalue weighted by Gasteiger charge is 2.03. The zero-order valence-electron chi connectivity index (χ0n) is 6.87. The molecule has 2 N–H and O–H groups in total. The second-order valence-corrected chi connectivity index (χ2v) is 4.83. The highest BCUT2D eigenvalue weighted by atomic mass is 127. The van der Waals surface area contributed by atoms with Gasteiger partial charge in [0.1, 0.15) is 5.75 Å². The molecule has 0 unspecified atom stereocenters. The van der Waals surface area contributed by atoms with Gasteiger partial charge in [-0.1, -0.05) is 0 Å². The normalized spacial score (nSPS) is 10.7. The molecule has 0 atom stereocenters. The van der Waals surface area contributed by atoms with E-state index in [-0.39, 0.29) is 5.75 Å². The van der Waals surface area contributed by atoms with E-state index < -0.39 is 5.97 Å². The number of benzene rings is 1. The van der Waals surface area contributed by atoms with Gasteiger partial charge in [-0.25, -0.2) is 4.79 Å². The van der Waals surface area contributed by atoms with Gasteiger partial charge in [-0.05, 0) is 69.0 Å². The van der Waals surface area contributed by atoms with Gasteiger partial charge in [0.15, 0.2) is 0 Å². The van der Waals surface area contributed by atoms with E-state index >= 15 is 0 Å². The molecule has 0 aliphatic rings. The molecule has 1 aromatic carbocycles. The minimum Gasteiger partial charge on any atom is -0.506 e. The molecule has 3 nitrogen and oxygen atoms in total. The van der Waals surface area contributed by atoms with Gasteiger partial charge in [0, 0.05) is 6.08 Å². The number of carboxylic acid groups (broad SMARTS) is 1. The van der Waals surface area contributed by atoms with Crippen molar-refractivity contribution >= 4 is 57.2 Å². The number of phenols is 1. The van der Waals surface area contributed by atoms with Crippen molar-refractivity contribution in [2.24, 2.45) is 0 Å². The lowest BCUT2D eigenvalue weighted by Crippen LogP contribution is -1.87. The van der Waals surface area contributed by atoms with Crippen molar-refractivity contribution in [1.82, 2.24) is 0 Å². The molecule has 14 heavy (non-hydrogen) atoms. The predicted molar refractivity (Wildman–Crippen MR) is 70.2 cm³/mol. The van der Waals surface area contributed by atoms with E-state index in [1.54, 1.807) is 12.1 Å². The molecule has 1 rings (SSSR count). The van der Waals surface area contributed by atoms with Crippen LogP contribution in [0.1, 0.15) is 5.56 Å². The number of carbonyl (C=O) groups is 1. The minimum atomic E-state index is -0.983. The third-order valence-corrected chi connectivity index (χ3v) is 3.10. The van der Waals surface area contributed by atoms with Crippen molar-refractivity contribution < 1.29 is 15.0 Å². The fourth-order valence-electron chi connectivity index (χ4n) is 0.849. The average Bonchev–Trinajstić information content (AvgIpc) is 2.10. The van der Waals surface area contributed by atoms with Crippen LogP contribution < -0.4 is 0 Å². The molecular formula is C9H6I2O3. The molecule has 74 valence electrons. The highest BCUT2D eigenvalue weighted by Crippen LogP contribution is 2.27. The largest absolute Gasteiger partial charge is 0.506 e. The van der Waals surface area contributed by atoms with Crippen LogP contribution in [0.5, 0.6) is 5.75 Å². The third kappa shape index (κ3) is 3.12. The Morgan fingerprint density at radius 1 is 1.29 bits per heavy atom. The van der Waals surface area contributed by atoms with Gasteiger partial charge in [-0.2, -0.15) is 0 Å². The molecular weight excluding hydrogens is 410 g/mol. The van der Waals surface area contributed by atoms with Gasteiger partial charge in [0.25, 0.3) is 0 Å². The highest BCUT2D eigenvalue weighted by molar-refractivity contribution is 14.1. The molecule has 0 aliphatic carbocycles. The summed E-state index contributed by atoms with van der Waals surface area (Å²) in [6.45, 7) is 0. The summed E-state index contributed by atoms with van der Waals surface area (Å²) in [5, 5.41) is 17.9. The first-order valence-corrected chi connectivity index (χ1v) is 5.75. The van der Waals surface area contributed by atoms with Crippen LogP contribution in [0.4, 0.5) is 0 Å². The molecule has 5 heteroatoms. The Hall–Kier alpha value is -0.310. The number of aliphatic carboxylic acids is 1. The molecule has 0 aliphatic heterocycles. The van der Waals surface area contributed by atoms with E-state index in [2.05, 4.69) is 0 Å². The Labute approximate surface area is 108 Å². The molecule has 0 spiro atoms. The smallest absolute Gasteiger partial charge is 0.328 e. The van der Waals surface area contributed by atoms with E-state index in [1.807, 2.05) is 45.2 Å². The fraction of sp³-hybridized carbons (Fsp3) is 0. The summed E-state index contributed by atoms with van der Waals surface area (Å²) >= 11 is 3.99. The van der Waals surface area contributed by atoms with Crippen LogP contribution in [-0.2, 0) is 4.79 Å². The Kier molecular flexibility index (Phi) is 4.17. The molecule has 0 heterocycles. The summed E-state index contributed by atoms with van der Waals surface area (Å²) in [6, 6.07) is 3.44. The van der Waals surface area contributed by atoms with Crippen LogP contribution in [-0.4, -0.2) is 16.2 Å². The molecule has 0 fully saturated rings. The van der Waals surface area contributed by atoms with Gasteiger partial charge in [-0.3, -0.25) is 0 Å². The maximum atomic E-state index is 10.3. The molecule has 0 saturated carbocycles. The Balaban J connectivity index is 3.07. The van der Waals surface area contributed by atoms with Crippen molar-refractivity contribution in [3.05, 3.63) is 30.9 Å². The van der Waals surface area contributed by atoms with Crippen LogP contribution in [0.2, 0.25) is 0 Å². The zero-order valence-corrected chi connectivity index (χ0v) is 11.2. The summed E-state index contributed by atoms with van der Waals surface area (Å²) in [5.74, 6) is -0.748. The quantitative estimate of drug-likeness (QED) is 0.576. The SMILES string of the molecule is O=C(O)C=Cc1cc(I)c(O)c(I)c1.